The normalized spacial score (nSPS) is 12.7. The van der Waals surface area contributed by atoms with Crippen LogP contribution in [-0.2, 0) is 13.0 Å². The molecule has 3 nitrogen and oxygen atoms in total. The fourth-order valence-electron chi connectivity index (χ4n) is 2.56. The van der Waals surface area contributed by atoms with Gasteiger partial charge < -0.3 is 5.32 Å². The average Bonchev–Trinajstić information content (AvgIpc) is 2.74. The Hall–Kier alpha value is -1.39. The van der Waals surface area contributed by atoms with Crippen LogP contribution in [-0.4, -0.2) is 16.8 Å². The maximum atomic E-state index is 14.1. The Bertz CT molecular complexity index is 637. The number of aryl methyl sites for hydroxylation is 3. The van der Waals surface area contributed by atoms with Gasteiger partial charge in [-0.15, -0.1) is 0 Å². The fraction of sp³-hybridized carbons (Fsp3) is 0.438. The van der Waals surface area contributed by atoms with Crippen LogP contribution in [0.5, 0.6) is 0 Å². The molecule has 0 aliphatic rings. The van der Waals surface area contributed by atoms with Crippen molar-refractivity contribution in [2.24, 2.45) is 0 Å². The third-order valence-electron chi connectivity index (χ3n) is 3.73. The summed E-state index contributed by atoms with van der Waals surface area (Å²) in [5.41, 5.74) is 3.46. The predicted molar refractivity (Wildman–Crippen MR) is 84.3 cm³/mol. The summed E-state index contributed by atoms with van der Waals surface area (Å²) in [4.78, 5) is 0. The topological polar surface area (TPSA) is 29.9 Å². The Balaban J connectivity index is 2.38. The molecule has 0 amide bonds. The van der Waals surface area contributed by atoms with Crippen molar-refractivity contribution in [1.29, 1.82) is 0 Å². The number of rotatable bonds is 5. The summed E-state index contributed by atoms with van der Waals surface area (Å²) in [6.45, 7) is 6.62. The Morgan fingerprint density at radius 3 is 2.71 bits per heavy atom. The molecule has 0 radical (unpaired) electrons. The van der Waals surface area contributed by atoms with Gasteiger partial charge in [-0.05, 0) is 33.9 Å². The van der Waals surface area contributed by atoms with E-state index in [4.69, 9.17) is 11.6 Å². The van der Waals surface area contributed by atoms with Crippen LogP contribution in [0.2, 0.25) is 5.02 Å². The Morgan fingerprint density at radius 2 is 2.10 bits per heavy atom. The number of hydrogen-bond acceptors (Lipinski definition) is 2. The zero-order chi connectivity index (χ0) is 15.6. The van der Waals surface area contributed by atoms with Gasteiger partial charge in [-0.2, -0.15) is 5.10 Å². The first-order chi connectivity index (χ1) is 9.97. The lowest BCUT2D eigenvalue weighted by molar-refractivity contribution is 0.510. The van der Waals surface area contributed by atoms with Crippen LogP contribution in [0.4, 0.5) is 4.39 Å². The van der Waals surface area contributed by atoms with Crippen molar-refractivity contribution in [3.05, 3.63) is 51.6 Å². The number of aromatic nitrogens is 2. The minimum atomic E-state index is -0.199. The number of likely N-dealkylation sites (N-methyl/N-ethyl adjacent to an activating group) is 1. The number of halogens is 2. The van der Waals surface area contributed by atoms with Gasteiger partial charge in [-0.3, -0.25) is 4.68 Å². The van der Waals surface area contributed by atoms with Crippen LogP contribution in [0.15, 0.2) is 18.2 Å². The smallest absolute Gasteiger partial charge is 0.128 e. The van der Waals surface area contributed by atoms with Crippen molar-refractivity contribution in [3.8, 4) is 0 Å². The molecule has 0 aliphatic carbocycles. The molecule has 0 spiro atoms. The summed E-state index contributed by atoms with van der Waals surface area (Å²) in [6.07, 6.45) is 0.602. The van der Waals surface area contributed by atoms with Crippen molar-refractivity contribution in [3.63, 3.8) is 0 Å². The highest BCUT2D eigenvalue weighted by Gasteiger charge is 2.20. The summed E-state index contributed by atoms with van der Waals surface area (Å²) in [6, 6.07) is 5.03. The van der Waals surface area contributed by atoms with Gasteiger partial charge in [0.1, 0.15) is 5.82 Å². The molecule has 1 aromatic carbocycles. The molecular formula is C16H21ClFN3. The third-order valence-corrected chi connectivity index (χ3v) is 4.22. The summed E-state index contributed by atoms with van der Waals surface area (Å²) in [5.74, 6) is -0.199. The van der Waals surface area contributed by atoms with E-state index < -0.39 is 0 Å². The van der Waals surface area contributed by atoms with Gasteiger partial charge in [-0.1, -0.05) is 29.3 Å². The molecule has 114 valence electrons. The molecule has 2 rings (SSSR count). The van der Waals surface area contributed by atoms with E-state index in [0.29, 0.717) is 17.0 Å². The molecule has 1 aromatic heterocycles. The van der Waals surface area contributed by atoms with Crippen LogP contribution in [0, 0.1) is 19.7 Å². The number of benzene rings is 1. The summed E-state index contributed by atoms with van der Waals surface area (Å²) < 4.78 is 16.0. The molecule has 0 saturated heterocycles. The monoisotopic (exact) mass is 309 g/mol. The number of nitrogens with one attached hydrogen (secondary N) is 1. The second kappa shape index (κ2) is 6.58. The van der Waals surface area contributed by atoms with Gasteiger partial charge in [0.05, 0.1) is 16.4 Å². The lowest BCUT2D eigenvalue weighted by Gasteiger charge is -2.19. The van der Waals surface area contributed by atoms with Crippen LogP contribution < -0.4 is 5.32 Å². The molecule has 1 heterocycles. The molecule has 0 aliphatic heterocycles. The summed E-state index contributed by atoms with van der Waals surface area (Å²) in [7, 11) is 1.83. The molecule has 0 bridgehead atoms. The lowest BCUT2D eigenvalue weighted by atomic mass is 9.99. The van der Waals surface area contributed by atoms with Gasteiger partial charge in [0.25, 0.3) is 0 Å². The second-order valence-electron chi connectivity index (χ2n) is 5.23. The Labute approximate surface area is 130 Å². The van der Waals surface area contributed by atoms with Crippen molar-refractivity contribution >= 4 is 11.6 Å². The van der Waals surface area contributed by atoms with E-state index in [1.54, 1.807) is 6.07 Å². The lowest BCUT2D eigenvalue weighted by Crippen LogP contribution is -2.22. The highest BCUT2D eigenvalue weighted by molar-refractivity contribution is 6.31. The number of nitrogens with zero attached hydrogens (tertiary/aromatic N) is 2. The van der Waals surface area contributed by atoms with Crippen molar-refractivity contribution in [1.82, 2.24) is 15.1 Å². The fourth-order valence-corrected chi connectivity index (χ4v) is 2.77. The summed E-state index contributed by atoms with van der Waals surface area (Å²) >= 11 is 6.35. The van der Waals surface area contributed by atoms with E-state index in [-0.39, 0.29) is 11.9 Å². The molecule has 0 fully saturated rings. The summed E-state index contributed by atoms with van der Waals surface area (Å²) in [5, 5.41) is 8.27. The molecule has 21 heavy (non-hydrogen) atoms. The van der Waals surface area contributed by atoms with E-state index >= 15 is 0 Å². The standard InChI is InChI=1S/C16H21ClFN3/c1-5-21-15(16(17)11(3)20-21)9-14(19-4)12-8-10(2)6-7-13(12)18/h6-8,14,19H,5,9H2,1-4H3. The van der Waals surface area contributed by atoms with E-state index in [2.05, 4.69) is 10.4 Å². The SMILES string of the molecule is CCn1nc(C)c(Cl)c1CC(NC)c1cc(C)ccc1F. The van der Waals surface area contributed by atoms with Crippen LogP contribution in [0.1, 0.15) is 35.5 Å². The first-order valence-electron chi connectivity index (χ1n) is 7.13. The highest BCUT2D eigenvalue weighted by atomic mass is 35.5. The predicted octanol–water partition coefficient (Wildman–Crippen LogP) is 3.82. The molecule has 2 aromatic rings. The Kier molecular flexibility index (Phi) is 5.01. The van der Waals surface area contributed by atoms with Gasteiger partial charge in [0.15, 0.2) is 0 Å². The van der Waals surface area contributed by atoms with Gasteiger partial charge >= 0.3 is 0 Å². The second-order valence-corrected chi connectivity index (χ2v) is 5.61. The zero-order valence-electron chi connectivity index (χ0n) is 12.9. The Morgan fingerprint density at radius 1 is 1.38 bits per heavy atom. The van der Waals surface area contributed by atoms with E-state index in [1.807, 2.05) is 38.6 Å². The third kappa shape index (κ3) is 3.27. The van der Waals surface area contributed by atoms with Crippen molar-refractivity contribution < 1.29 is 4.39 Å². The van der Waals surface area contributed by atoms with E-state index in [0.717, 1.165) is 23.5 Å². The van der Waals surface area contributed by atoms with Crippen molar-refractivity contribution in [2.45, 2.75) is 39.8 Å². The van der Waals surface area contributed by atoms with Gasteiger partial charge in [0, 0.05) is 24.6 Å². The van der Waals surface area contributed by atoms with Crippen LogP contribution in [0.25, 0.3) is 0 Å². The van der Waals surface area contributed by atoms with Crippen LogP contribution >= 0.6 is 11.6 Å². The maximum Gasteiger partial charge on any atom is 0.128 e. The molecular weight excluding hydrogens is 289 g/mol. The first kappa shape index (κ1) is 16.0. The minimum absolute atomic E-state index is 0.135. The minimum Gasteiger partial charge on any atom is -0.313 e. The van der Waals surface area contributed by atoms with Gasteiger partial charge in [0.2, 0.25) is 0 Å². The maximum absolute atomic E-state index is 14.1. The molecule has 5 heteroatoms. The molecule has 1 atom stereocenters. The largest absolute Gasteiger partial charge is 0.313 e. The average molecular weight is 310 g/mol. The van der Waals surface area contributed by atoms with Gasteiger partial charge in [-0.25, -0.2) is 4.39 Å². The van der Waals surface area contributed by atoms with Crippen molar-refractivity contribution in [2.75, 3.05) is 7.05 Å². The molecule has 0 saturated carbocycles. The number of hydrogen-bond donors (Lipinski definition) is 1. The highest BCUT2D eigenvalue weighted by Crippen LogP contribution is 2.27. The van der Waals surface area contributed by atoms with E-state index in [9.17, 15) is 4.39 Å². The van der Waals surface area contributed by atoms with E-state index in [1.165, 1.54) is 6.07 Å². The molecule has 1 N–H and O–H groups in total. The zero-order valence-corrected chi connectivity index (χ0v) is 13.6. The molecule has 1 unspecified atom stereocenters. The van der Waals surface area contributed by atoms with Crippen LogP contribution in [0.3, 0.4) is 0 Å². The first-order valence-corrected chi connectivity index (χ1v) is 7.50. The quantitative estimate of drug-likeness (QED) is 0.910.